The summed E-state index contributed by atoms with van der Waals surface area (Å²) in [7, 11) is 1.73. The highest BCUT2D eigenvalue weighted by atomic mass is 79.9. The van der Waals surface area contributed by atoms with Crippen molar-refractivity contribution in [1.29, 1.82) is 0 Å². The first-order chi connectivity index (χ1) is 8.18. The average Bonchev–Trinajstić information content (AvgIpc) is 2.38. The highest BCUT2D eigenvalue weighted by Crippen LogP contribution is 2.15. The van der Waals surface area contributed by atoms with Crippen LogP contribution in [0.15, 0.2) is 47.5 Å². The van der Waals surface area contributed by atoms with Crippen LogP contribution in [0, 0.1) is 0 Å². The van der Waals surface area contributed by atoms with E-state index < -0.39 is 0 Å². The second kappa shape index (κ2) is 5.05. The number of anilines is 1. The molecule has 0 aliphatic heterocycles. The summed E-state index contributed by atoms with van der Waals surface area (Å²) >= 11 is 3.24. The zero-order chi connectivity index (χ0) is 12.3. The van der Waals surface area contributed by atoms with E-state index in [1.165, 1.54) is 0 Å². The number of aromatic nitrogens is 2. The molecule has 2 rings (SSSR count). The minimum absolute atomic E-state index is 0.0840. The molecule has 0 spiro atoms. The predicted molar refractivity (Wildman–Crippen MR) is 68.9 cm³/mol. The maximum absolute atomic E-state index is 12.2. The van der Waals surface area contributed by atoms with Crippen LogP contribution in [0.2, 0.25) is 0 Å². The maximum Gasteiger partial charge on any atom is 0.258 e. The fourth-order valence-electron chi connectivity index (χ4n) is 1.41. The zero-order valence-electron chi connectivity index (χ0n) is 9.17. The average molecular weight is 292 g/mol. The monoisotopic (exact) mass is 291 g/mol. The van der Waals surface area contributed by atoms with Gasteiger partial charge >= 0.3 is 0 Å². The molecular formula is C12H10BrN3O. The lowest BCUT2D eigenvalue weighted by molar-refractivity contribution is 0.0993. The first-order valence-corrected chi connectivity index (χ1v) is 5.77. The quantitative estimate of drug-likeness (QED) is 0.799. The largest absolute Gasteiger partial charge is 0.311 e. The molecule has 2 heterocycles. The van der Waals surface area contributed by atoms with Gasteiger partial charge in [-0.25, -0.2) is 4.98 Å². The normalized spacial score (nSPS) is 10.0. The van der Waals surface area contributed by atoms with Gasteiger partial charge in [0.1, 0.15) is 4.60 Å². The van der Waals surface area contributed by atoms with Crippen LogP contribution in [0.4, 0.5) is 5.69 Å². The van der Waals surface area contributed by atoms with Crippen LogP contribution >= 0.6 is 15.9 Å². The van der Waals surface area contributed by atoms with Crippen LogP contribution in [-0.2, 0) is 0 Å². The molecule has 5 heteroatoms. The Morgan fingerprint density at radius 2 is 1.94 bits per heavy atom. The molecule has 2 aromatic heterocycles. The second-order valence-corrected chi connectivity index (χ2v) is 4.25. The Kier molecular flexibility index (Phi) is 3.49. The van der Waals surface area contributed by atoms with Crippen molar-refractivity contribution in [2.45, 2.75) is 0 Å². The zero-order valence-corrected chi connectivity index (χ0v) is 10.8. The van der Waals surface area contributed by atoms with Crippen molar-refractivity contribution < 1.29 is 4.79 Å². The van der Waals surface area contributed by atoms with E-state index in [2.05, 4.69) is 25.9 Å². The number of amides is 1. The van der Waals surface area contributed by atoms with Crippen molar-refractivity contribution in [3.05, 3.63) is 53.0 Å². The first kappa shape index (κ1) is 11.7. The molecule has 0 aliphatic carbocycles. The summed E-state index contributed by atoms with van der Waals surface area (Å²) in [6.07, 6.45) is 4.90. The van der Waals surface area contributed by atoms with Crippen LogP contribution in [0.5, 0.6) is 0 Å². The Bertz CT molecular complexity index is 530. The number of hydrogen-bond donors (Lipinski definition) is 0. The molecule has 0 fully saturated rings. The molecular weight excluding hydrogens is 282 g/mol. The molecule has 0 saturated carbocycles. The third-order valence-electron chi connectivity index (χ3n) is 2.33. The fraction of sp³-hybridized carbons (Fsp3) is 0.0833. The van der Waals surface area contributed by atoms with Crippen LogP contribution in [0.3, 0.4) is 0 Å². The molecule has 2 aromatic rings. The van der Waals surface area contributed by atoms with Crippen LogP contribution in [0.25, 0.3) is 0 Å². The molecule has 0 unspecified atom stereocenters. The number of halogens is 1. The van der Waals surface area contributed by atoms with Gasteiger partial charge in [-0.2, -0.15) is 0 Å². The predicted octanol–water partition coefficient (Wildman–Crippen LogP) is 2.52. The van der Waals surface area contributed by atoms with E-state index in [9.17, 15) is 4.79 Å². The van der Waals surface area contributed by atoms with Gasteiger partial charge in [0.15, 0.2) is 0 Å². The van der Waals surface area contributed by atoms with Crippen LogP contribution < -0.4 is 4.90 Å². The first-order valence-electron chi connectivity index (χ1n) is 4.98. The van der Waals surface area contributed by atoms with E-state index in [-0.39, 0.29) is 5.91 Å². The van der Waals surface area contributed by atoms with Crippen molar-refractivity contribution in [1.82, 2.24) is 9.97 Å². The number of hydrogen-bond acceptors (Lipinski definition) is 3. The number of carbonyl (C=O) groups is 1. The standard InChI is InChI=1S/C12H10BrN3O/c1-16(10-3-5-14-6-4-10)12(17)9-2-7-15-11(13)8-9/h2-8H,1H3. The summed E-state index contributed by atoms with van der Waals surface area (Å²) in [5.74, 6) is -0.0840. The molecule has 0 saturated heterocycles. The van der Waals surface area contributed by atoms with Gasteiger partial charge in [0, 0.05) is 36.9 Å². The lowest BCUT2D eigenvalue weighted by Crippen LogP contribution is -2.26. The minimum atomic E-state index is -0.0840. The van der Waals surface area contributed by atoms with Gasteiger partial charge in [-0.15, -0.1) is 0 Å². The Morgan fingerprint density at radius 1 is 1.24 bits per heavy atom. The Morgan fingerprint density at radius 3 is 2.59 bits per heavy atom. The minimum Gasteiger partial charge on any atom is -0.311 e. The van der Waals surface area contributed by atoms with Crippen molar-refractivity contribution in [2.75, 3.05) is 11.9 Å². The molecule has 0 N–H and O–H groups in total. The number of rotatable bonds is 2. The third-order valence-corrected chi connectivity index (χ3v) is 2.76. The molecule has 17 heavy (non-hydrogen) atoms. The number of nitrogens with zero attached hydrogens (tertiary/aromatic N) is 3. The van der Waals surface area contributed by atoms with Crippen molar-refractivity contribution in [3.63, 3.8) is 0 Å². The topological polar surface area (TPSA) is 46.1 Å². The van der Waals surface area contributed by atoms with E-state index in [0.717, 1.165) is 5.69 Å². The van der Waals surface area contributed by atoms with Gasteiger partial charge in [-0.05, 0) is 40.2 Å². The maximum atomic E-state index is 12.2. The molecule has 0 atom stereocenters. The second-order valence-electron chi connectivity index (χ2n) is 3.44. The van der Waals surface area contributed by atoms with E-state index in [1.54, 1.807) is 54.8 Å². The molecule has 1 amide bonds. The molecule has 0 radical (unpaired) electrons. The van der Waals surface area contributed by atoms with Gasteiger partial charge in [-0.3, -0.25) is 9.78 Å². The molecule has 0 aromatic carbocycles. The van der Waals surface area contributed by atoms with Crippen molar-refractivity contribution in [3.8, 4) is 0 Å². The van der Waals surface area contributed by atoms with E-state index in [0.29, 0.717) is 10.2 Å². The summed E-state index contributed by atoms with van der Waals surface area (Å²) in [4.78, 5) is 21.6. The Hall–Kier alpha value is -1.75. The van der Waals surface area contributed by atoms with Gasteiger partial charge in [0.25, 0.3) is 5.91 Å². The lowest BCUT2D eigenvalue weighted by atomic mass is 10.2. The highest BCUT2D eigenvalue weighted by Gasteiger charge is 2.13. The van der Waals surface area contributed by atoms with Crippen molar-refractivity contribution >= 4 is 27.5 Å². The van der Waals surface area contributed by atoms with Crippen LogP contribution in [-0.4, -0.2) is 22.9 Å². The van der Waals surface area contributed by atoms with Crippen molar-refractivity contribution in [2.24, 2.45) is 0 Å². The van der Waals surface area contributed by atoms with E-state index >= 15 is 0 Å². The number of carbonyl (C=O) groups excluding carboxylic acids is 1. The lowest BCUT2D eigenvalue weighted by Gasteiger charge is -2.16. The SMILES string of the molecule is CN(C(=O)c1ccnc(Br)c1)c1ccncc1. The van der Waals surface area contributed by atoms with E-state index in [4.69, 9.17) is 0 Å². The van der Waals surface area contributed by atoms with Gasteiger partial charge in [0.05, 0.1) is 0 Å². The fourth-order valence-corrected chi connectivity index (χ4v) is 1.78. The molecule has 86 valence electrons. The molecule has 4 nitrogen and oxygen atoms in total. The van der Waals surface area contributed by atoms with Gasteiger partial charge in [0.2, 0.25) is 0 Å². The van der Waals surface area contributed by atoms with Crippen LogP contribution in [0.1, 0.15) is 10.4 Å². The molecule has 0 aliphatic rings. The summed E-state index contributed by atoms with van der Waals surface area (Å²) < 4.78 is 0.645. The third kappa shape index (κ3) is 2.68. The summed E-state index contributed by atoms with van der Waals surface area (Å²) in [6.45, 7) is 0. The summed E-state index contributed by atoms with van der Waals surface area (Å²) in [6, 6.07) is 6.95. The Balaban J connectivity index is 2.27. The Labute approximate surface area is 107 Å². The van der Waals surface area contributed by atoms with Gasteiger partial charge < -0.3 is 4.90 Å². The summed E-state index contributed by atoms with van der Waals surface area (Å²) in [5, 5.41) is 0. The smallest absolute Gasteiger partial charge is 0.258 e. The summed E-state index contributed by atoms with van der Waals surface area (Å²) in [5.41, 5.74) is 1.39. The van der Waals surface area contributed by atoms with E-state index in [1.807, 2.05) is 0 Å². The van der Waals surface area contributed by atoms with Gasteiger partial charge in [-0.1, -0.05) is 0 Å². The highest BCUT2D eigenvalue weighted by molar-refractivity contribution is 9.10. The number of pyridine rings is 2. The molecule has 0 bridgehead atoms.